The van der Waals surface area contributed by atoms with E-state index >= 15 is 0 Å². The fourth-order valence-electron chi connectivity index (χ4n) is 2.75. The van der Waals surface area contributed by atoms with Gasteiger partial charge in [-0.05, 0) is 37.4 Å². The predicted octanol–water partition coefficient (Wildman–Crippen LogP) is 2.51. The largest absolute Gasteiger partial charge is 0.496 e. The minimum Gasteiger partial charge on any atom is -0.496 e. The van der Waals surface area contributed by atoms with Gasteiger partial charge in [-0.2, -0.15) is 0 Å². The third-order valence-electron chi connectivity index (χ3n) is 3.74. The van der Waals surface area contributed by atoms with Gasteiger partial charge in [0.05, 0.1) is 17.2 Å². The van der Waals surface area contributed by atoms with E-state index in [-0.39, 0.29) is 12.0 Å². The number of rotatable bonds is 4. The Kier molecular flexibility index (Phi) is 5.56. The number of methoxy groups -OCH3 is 1. The highest BCUT2D eigenvalue weighted by molar-refractivity contribution is 6.42. The summed E-state index contributed by atoms with van der Waals surface area (Å²) in [7, 11) is 1.62. The molecule has 1 heterocycles. The van der Waals surface area contributed by atoms with Gasteiger partial charge in [-0.3, -0.25) is 0 Å². The zero-order valence-electron chi connectivity index (χ0n) is 11.8. The molecule has 2 rings (SSSR count). The second kappa shape index (κ2) is 7.20. The Morgan fingerprint density at radius 3 is 2.95 bits per heavy atom. The Bertz CT molecular complexity index is 525. The maximum Gasteiger partial charge on any atom is 0.312 e. The van der Waals surface area contributed by atoms with Crippen LogP contribution in [-0.4, -0.2) is 32.3 Å². The molecule has 116 valence electrons. The van der Waals surface area contributed by atoms with Crippen LogP contribution in [0.2, 0.25) is 10.0 Å². The van der Waals surface area contributed by atoms with E-state index in [4.69, 9.17) is 33.7 Å². The van der Waals surface area contributed by atoms with Crippen LogP contribution in [0.4, 0.5) is 4.79 Å². The third kappa shape index (κ3) is 3.93. The SMILES string of the molecule is COc1ccc(Cl)c(Cl)c1C1CCNC(CNC(N)=O)C1. The molecular weight excluding hydrogens is 313 g/mol. The molecule has 0 aliphatic carbocycles. The summed E-state index contributed by atoms with van der Waals surface area (Å²) in [6.07, 6.45) is 1.76. The average Bonchev–Trinajstić information content (AvgIpc) is 2.48. The smallest absolute Gasteiger partial charge is 0.312 e. The minimum atomic E-state index is -0.516. The van der Waals surface area contributed by atoms with Gasteiger partial charge in [0.1, 0.15) is 5.75 Å². The zero-order chi connectivity index (χ0) is 15.4. The third-order valence-corrected chi connectivity index (χ3v) is 4.56. The van der Waals surface area contributed by atoms with Crippen molar-refractivity contribution in [1.29, 1.82) is 0 Å². The molecule has 0 saturated carbocycles. The summed E-state index contributed by atoms with van der Waals surface area (Å²) in [4.78, 5) is 10.8. The predicted molar refractivity (Wildman–Crippen MR) is 84.4 cm³/mol. The van der Waals surface area contributed by atoms with E-state index < -0.39 is 6.03 Å². The summed E-state index contributed by atoms with van der Waals surface area (Å²) in [5, 5.41) is 7.06. The van der Waals surface area contributed by atoms with Crippen LogP contribution in [0.5, 0.6) is 5.75 Å². The van der Waals surface area contributed by atoms with Crippen LogP contribution in [0.3, 0.4) is 0 Å². The van der Waals surface area contributed by atoms with Crippen molar-refractivity contribution in [2.24, 2.45) is 5.73 Å². The monoisotopic (exact) mass is 331 g/mol. The molecule has 5 nitrogen and oxygen atoms in total. The lowest BCUT2D eigenvalue weighted by Gasteiger charge is -2.32. The zero-order valence-corrected chi connectivity index (χ0v) is 13.3. The number of carbonyl (C=O) groups is 1. The summed E-state index contributed by atoms with van der Waals surface area (Å²) in [6.45, 7) is 1.33. The van der Waals surface area contributed by atoms with E-state index in [1.54, 1.807) is 13.2 Å². The van der Waals surface area contributed by atoms with E-state index in [0.29, 0.717) is 16.6 Å². The number of amides is 2. The van der Waals surface area contributed by atoms with Gasteiger partial charge >= 0.3 is 6.03 Å². The first-order chi connectivity index (χ1) is 10.0. The lowest BCUT2D eigenvalue weighted by Crippen LogP contribution is -2.46. The summed E-state index contributed by atoms with van der Waals surface area (Å²) in [5.74, 6) is 0.977. The number of nitrogens with one attached hydrogen (secondary N) is 2. The lowest BCUT2D eigenvalue weighted by molar-refractivity contribution is 0.245. The number of hydrogen-bond donors (Lipinski definition) is 3. The van der Waals surface area contributed by atoms with Crippen LogP contribution in [0.15, 0.2) is 12.1 Å². The maximum absolute atomic E-state index is 10.8. The number of halogens is 2. The molecule has 21 heavy (non-hydrogen) atoms. The molecule has 4 N–H and O–H groups in total. The second-order valence-electron chi connectivity index (χ2n) is 5.09. The Hall–Kier alpha value is -1.17. The number of urea groups is 1. The Balaban J connectivity index is 2.17. The molecular formula is C14H19Cl2N3O2. The maximum atomic E-state index is 10.8. The van der Waals surface area contributed by atoms with E-state index in [1.807, 2.05) is 6.07 Å². The highest BCUT2D eigenvalue weighted by Crippen LogP contribution is 2.42. The summed E-state index contributed by atoms with van der Waals surface area (Å²) >= 11 is 12.5. The number of piperidine rings is 1. The molecule has 1 aromatic carbocycles. The van der Waals surface area contributed by atoms with E-state index in [9.17, 15) is 4.79 Å². The average molecular weight is 332 g/mol. The van der Waals surface area contributed by atoms with Crippen LogP contribution >= 0.6 is 23.2 Å². The van der Waals surface area contributed by atoms with Gasteiger partial charge in [-0.25, -0.2) is 4.79 Å². The van der Waals surface area contributed by atoms with Crippen molar-refractivity contribution >= 4 is 29.2 Å². The normalized spacial score (nSPS) is 21.9. The number of ether oxygens (including phenoxy) is 1. The van der Waals surface area contributed by atoms with Gasteiger partial charge in [-0.15, -0.1) is 0 Å². The first-order valence-electron chi connectivity index (χ1n) is 6.81. The highest BCUT2D eigenvalue weighted by Gasteiger charge is 2.27. The fourth-order valence-corrected chi connectivity index (χ4v) is 3.23. The van der Waals surface area contributed by atoms with Crippen molar-refractivity contribution in [2.75, 3.05) is 20.2 Å². The molecule has 0 bridgehead atoms. The molecule has 0 aromatic heterocycles. The molecule has 1 aromatic rings. The summed E-state index contributed by atoms with van der Waals surface area (Å²) < 4.78 is 5.41. The van der Waals surface area contributed by atoms with Gasteiger partial charge in [0, 0.05) is 18.2 Å². The highest BCUT2D eigenvalue weighted by atomic mass is 35.5. The lowest BCUT2D eigenvalue weighted by atomic mass is 9.85. The van der Waals surface area contributed by atoms with Crippen LogP contribution in [0.25, 0.3) is 0 Å². The quantitative estimate of drug-likeness (QED) is 0.793. The van der Waals surface area contributed by atoms with Crippen molar-refractivity contribution in [3.05, 3.63) is 27.7 Å². The standard InChI is InChI=1S/C14H19Cl2N3O2/c1-21-11-3-2-10(15)13(16)12(11)8-4-5-18-9(6-8)7-19-14(17)20/h2-3,8-9,18H,4-7H2,1H3,(H3,17,19,20). The number of hydrogen-bond acceptors (Lipinski definition) is 3. The molecule has 1 saturated heterocycles. The first kappa shape index (κ1) is 16.2. The van der Waals surface area contributed by atoms with Crippen molar-refractivity contribution in [2.45, 2.75) is 24.8 Å². The number of benzene rings is 1. The second-order valence-corrected chi connectivity index (χ2v) is 5.88. The number of primary amides is 1. The minimum absolute atomic E-state index is 0.149. The first-order valence-corrected chi connectivity index (χ1v) is 7.57. The molecule has 0 spiro atoms. The van der Waals surface area contributed by atoms with Gasteiger partial charge in [0.25, 0.3) is 0 Å². The van der Waals surface area contributed by atoms with Crippen LogP contribution < -0.4 is 21.1 Å². The molecule has 2 amide bonds. The molecule has 2 unspecified atom stereocenters. The Morgan fingerprint density at radius 1 is 1.52 bits per heavy atom. The van der Waals surface area contributed by atoms with Gasteiger partial charge in [0.15, 0.2) is 0 Å². The summed E-state index contributed by atoms with van der Waals surface area (Å²) in [5.41, 5.74) is 6.05. The molecule has 1 aliphatic heterocycles. The molecule has 0 radical (unpaired) electrons. The van der Waals surface area contributed by atoms with E-state index in [0.717, 1.165) is 30.7 Å². The molecule has 1 aliphatic rings. The van der Waals surface area contributed by atoms with Crippen LogP contribution in [0, 0.1) is 0 Å². The Labute approximate surface area is 134 Å². The van der Waals surface area contributed by atoms with Crippen molar-refractivity contribution < 1.29 is 9.53 Å². The molecule has 1 fully saturated rings. The van der Waals surface area contributed by atoms with Crippen molar-refractivity contribution in [3.63, 3.8) is 0 Å². The van der Waals surface area contributed by atoms with Crippen LogP contribution in [0.1, 0.15) is 24.3 Å². The van der Waals surface area contributed by atoms with Crippen molar-refractivity contribution in [3.8, 4) is 5.75 Å². The van der Waals surface area contributed by atoms with Crippen molar-refractivity contribution in [1.82, 2.24) is 10.6 Å². The fraction of sp³-hybridized carbons (Fsp3) is 0.500. The number of nitrogens with two attached hydrogens (primary N) is 1. The van der Waals surface area contributed by atoms with Crippen LogP contribution in [-0.2, 0) is 0 Å². The Morgan fingerprint density at radius 2 is 2.29 bits per heavy atom. The molecule has 2 atom stereocenters. The van der Waals surface area contributed by atoms with Gasteiger partial charge in [0.2, 0.25) is 0 Å². The van der Waals surface area contributed by atoms with Gasteiger partial charge in [-0.1, -0.05) is 23.2 Å². The van der Waals surface area contributed by atoms with Gasteiger partial charge < -0.3 is 21.1 Å². The van der Waals surface area contributed by atoms with E-state index in [2.05, 4.69) is 10.6 Å². The number of carbonyl (C=O) groups excluding carboxylic acids is 1. The molecule has 7 heteroatoms. The van der Waals surface area contributed by atoms with E-state index in [1.165, 1.54) is 0 Å². The summed E-state index contributed by atoms with van der Waals surface area (Å²) in [6, 6.07) is 3.20. The topological polar surface area (TPSA) is 76.4 Å².